The maximum Gasteiger partial charge on any atom is 0.161 e. The van der Waals surface area contributed by atoms with E-state index in [1.165, 1.54) is 43.5 Å². The zero-order valence-corrected chi connectivity index (χ0v) is 27.4. The summed E-state index contributed by atoms with van der Waals surface area (Å²) in [5, 5.41) is 2.30. The molecule has 0 aliphatic rings. The number of benzene rings is 7. The molecule has 0 aliphatic heterocycles. The lowest BCUT2D eigenvalue weighted by molar-refractivity contribution is 1.24. The molecule has 2 nitrogen and oxygen atoms in total. The Hall–Kier alpha value is -6.16. The van der Waals surface area contributed by atoms with Crippen LogP contribution in [0.2, 0.25) is 0 Å². The summed E-state index contributed by atoms with van der Waals surface area (Å²) in [7, 11) is 0. The lowest BCUT2D eigenvalue weighted by Crippen LogP contribution is -1.94. The standard InChI is InChI=1S/C46H30N2S/c1-3-12-31(13-4-1)35-16-9-17-36(28-35)33-24-26-34(27-25-33)38-19-11-21-40(30-38)45-47-44(43-41-22-7-8-23-42(41)49-46(43)48-45)39-20-10-18-37(29-39)32-14-5-2-6-15-32/h1-30H. The second-order valence-electron chi connectivity index (χ2n) is 12.2. The van der Waals surface area contributed by atoms with E-state index in [4.69, 9.17) is 9.97 Å². The quantitative estimate of drug-likeness (QED) is 0.180. The molecule has 0 N–H and O–H groups in total. The van der Waals surface area contributed by atoms with E-state index >= 15 is 0 Å². The highest BCUT2D eigenvalue weighted by atomic mass is 32.1. The first-order valence-corrected chi connectivity index (χ1v) is 17.3. The van der Waals surface area contributed by atoms with Crippen LogP contribution in [0.15, 0.2) is 182 Å². The van der Waals surface area contributed by atoms with Gasteiger partial charge < -0.3 is 0 Å². The van der Waals surface area contributed by atoms with Crippen LogP contribution in [0, 0.1) is 0 Å². The van der Waals surface area contributed by atoms with Gasteiger partial charge >= 0.3 is 0 Å². The number of hydrogen-bond acceptors (Lipinski definition) is 3. The Kier molecular flexibility index (Phi) is 7.38. The first-order chi connectivity index (χ1) is 24.3. The molecule has 0 bridgehead atoms. The van der Waals surface area contributed by atoms with Crippen molar-refractivity contribution < 1.29 is 0 Å². The number of fused-ring (bicyclic) bond motifs is 3. The third kappa shape index (κ3) is 5.61. The fraction of sp³-hybridized carbons (Fsp3) is 0. The van der Waals surface area contributed by atoms with Crippen molar-refractivity contribution in [3.63, 3.8) is 0 Å². The number of thiophene rings is 1. The van der Waals surface area contributed by atoms with Gasteiger partial charge in [0.05, 0.1) is 5.69 Å². The molecule has 0 saturated carbocycles. The molecule has 7 aromatic carbocycles. The van der Waals surface area contributed by atoms with Crippen molar-refractivity contribution in [2.24, 2.45) is 0 Å². The summed E-state index contributed by atoms with van der Waals surface area (Å²) in [6.45, 7) is 0. The van der Waals surface area contributed by atoms with Crippen LogP contribution >= 0.6 is 11.3 Å². The summed E-state index contributed by atoms with van der Waals surface area (Å²) < 4.78 is 1.22. The smallest absolute Gasteiger partial charge is 0.161 e. The molecule has 2 aromatic heterocycles. The van der Waals surface area contributed by atoms with Gasteiger partial charge in [0.2, 0.25) is 0 Å². The largest absolute Gasteiger partial charge is 0.227 e. The lowest BCUT2D eigenvalue weighted by Gasteiger charge is -2.11. The molecule has 0 spiro atoms. The highest BCUT2D eigenvalue weighted by Gasteiger charge is 2.17. The Labute approximate surface area is 289 Å². The van der Waals surface area contributed by atoms with Crippen LogP contribution in [0.5, 0.6) is 0 Å². The highest BCUT2D eigenvalue weighted by molar-refractivity contribution is 7.25. The number of nitrogens with zero attached hydrogens (tertiary/aromatic N) is 2. The fourth-order valence-electron chi connectivity index (χ4n) is 6.64. The fourth-order valence-corrected chi connectivity index (χ4v) is 7.72. The average molecular weight is 643 g/mol. The molecule has 0 saturated heterocycles. The van der Waals surface area contributed by atoms with Gasteiger partial charge in [-0.05, 0) is 68.8 Å². The molecule has 49 heavy (non-hydrogen) atoms. The SMILES string of the molecule is c1ccc(-c2cccc(-c3ccc(-c4cccc(-c5nc(-c6cccc(-c7ccccc7)c6)c6c(n5)sc5ccccc56)c4)cc3)c2)cc1. The van der Waals surface area contributed by atoms with Crippen molar-refractivity contribution in [2.45, 2.75) is 0 Å². The summed E-state index contributed by atoms with van der Waals surface area (Å²) in [6.07, 6.45) is 0. The Morgan fingerprint density at radius 3 is 1.35 bits per heavy atom. The second-order valence-corrected chi connectivity index (χ2v) is 13.3. The van der Waals surface area contributed by atoms with Gasteiger partial charge in [-0.3, -0.25) is 0 Å². The van der Waals surface area contributed by atoms with E-state index in [0.29, 0.717) is 0 Å². The van der Waals surface area contributed by atoms with Crippen molar-refractivity contribution in [1.29, 1.82) is 0 Å². The van der Waals surface area contributed by atoms with Gasteiger partial charge in [0.1, 0.15) is 4.83 Å². The molecule has 3 heteroatoms. The minimum Gasteiger partial charge on any atom is -0.227 e. The van der Waals surface area contributed by atoms with Gasteiger partial charge in [-0.25, -0.2) is 9.97 Å². The van der Waals surface area contributed by atoms with Crippen molar-refractivity contribution in [2.75, 3.05) is 0 Å². The Bertz CT molecular complexity index is 2590. The van der Waals surface area contributed by atoms with E-state index in [9.17, 15) is 0 Å². The molecule has 2 heterocycles. The van der Waals surface area contributed by atoms with Crippen LogP contribution in [0.3, 0.4) is 0 Å². The Morgan fingerprint density at radius 2 is 0.755 bits per heavy atom. The molecule has 0 fully saturated rings. The zero-order valence-electron chi connectivity index (χ0n) is 26.6. The average Bonchev–Trinajstić information content (AvgIpc) is 3.57. The van der Waals surface area contributed by atoms with Crippen molar-refractivity contribution in [3.05, 3.63) is 182 Å². The summed E-state index contributed by atoms with van der Waals surface area (Å²) in [5.41, 5.74) is 12.5. The number of rotatable bonds is 6. The lowest BCUT2D eigenvalue weighted by atomic mass is 9.96. The van der Waals surface area contributed by atoms with E-state index < -0.39 is 0 Å². The van der Waals surface area contributed by atoms with Crippen molar-refractivity contribution >= 4 is 31.6 Å². The van der Waals surface area contributed by atoms with E-state index in [1.807, 2.05) is 0 Å². The van der Waals surface area contributed by atoms with E-state index in [-0.39, 0.29) is 0 Å². The Morgan fingerprint density at radius 1 is 0.327 bits per heavy atom. The second kappa shape index (κ2) is 12.5. The maximum atomic E-state index is 5.32. The van der Waals surface area contributed by atoms with Gasteiger partial charge in [0, 0.05) is 26.6 Å². The number of aromatic nitrogens is 2. The van der Waals surface area contributed by atoms with E-state index in [0.717, 1.165) is 44.0 Å². The van der Waals surface area contributed by atoms with Gasteiger partial charge in [-0.1, -0.05) is 158 Å². The van der Waals surface area contributed by atoms with Gasteiger partial charge in [0.15, 0.2) is 5.82 Å². The predicted octanol–water partition coefficient (Wildman–Crippen LogP) is 12.8. The summed E-state index contributed by atoms with van der Waals surface area (Å²) in [5.74, 6) is 0.732. The molecule has 0 aliphatic carbocycles. The molecule has 9 rings (SSSR count). The van der Waals surface area contributed by atoms with Crippen LogP contribution in [0.4, 0.5) is 0 Å². The topological polar surface area (TPSA) is 25.8 Å². The molecule has 230 valence electrons. The van der Waals surface area contributed by atoms with Crippen LogP contribution in [-0.4, -0.2) is 9.97 Å². The molecule has 9 aromatic rings. The Balaban J connectivity index is 1.11. The predicted molar refractivity (Wildman–Crippen MR) is 208 cm³/mol. The third-order valence-corrected chi connectivity index (χ3v) is 10.2. The zero-order chi connectivity index (χ0) is 32.6. The van der Waals surface area contributed by atoms with Gasteiger partial charge in [-0.2, -0.15) is 0 Å². The van der Waals surface area contributed by atoms with Crippen molar-refractivity contribution in [1.82, 2.24) is 9.97 Å². The van der Waals surface area contributed by atoms with Crippen molar-refractivity contribution in [3.8, 4) is 67.2 Å². The highest BCUT2D eigenvalue weighted by Crippen LogP contribution is 2.40. The molecular formula is C46H30N2S. The molecule has 0 amide bonds. The van der Waals surface area contributed by atoms with Crippen LogP contribution in [-0.2, 0) is 0 Å². The van der Waals surface area contributed by atoms with Crippen LogP contribution in [0.25, 0.3) is 87.5 Å². The van der Waals surface area contributed by atoms with Crippen LogP contribution in [0.1, 0.15) is 0 Å². The molecular weight excluding hydrogens is 613 g/mol. The van der Waals surface area contributed by atoms with E-state index in [2.05, 4.69) is 182 Å². The molecule has 0 atom stereocenters. The van der Waals surface area contributed by atoms with E-state index in [1.54, 1.807) is 11.3 Å². The first kappa shape index (κ1) is 29.0. The minimum atomic E-state index is 0.732. The maximum absolute atomic E-state index is 5.32. The monoisotopic (exact) mass is 642 g/mol. The van der Waals surface area contributed by atoms with Crippen LogP contribution < -0.4 is 0 Å². The normalized spacial score (nSPS) is 11.3. The van der Waals surface area contributed by atoms with Gasteiger partial charge in [0.25, 0.3) is 0 Å². The number of hydrogen-bond donors (Lipinski definition) is 0. The summed E-state index contributed by atoms with van der Waals surface area (Å²) in [4.78, 5) is 11.5. The first-order valence-electron chi connectivity index (χ1n) is 16.5. The summed E-state index contributed by atoms with van der Waals surface area (Å²) >= 11 is 1.73. The third-order valence-electron chi connectivity index (χ3n) is 9.12. The molecule has 0 radical (unpaired) electrons. The minimum absolute atomic E-state index is 0.732. The van der Waals surface area contributed by atoms with Gasteiger partial charge in [-0.15, -0.1) is 11.3 Å². The summed E-state index contributed by atoms with van der Waals surface area (Å²) in [6, 6.07) is 64.5. The molecule has 0 unspecified atom stereocenters.